The SMILES string of the molecule is COC(=O)c1ccc(NCc2cncn2C2CC2)c(C)c1. The van der Waals surface area contributed by atoms with E-state index in [9.17, 15) is 4.79 Å². The molecule has 0 spiro atoms. The Morgan fingerprint density at radius 3 is 2.95 bits per heavy atom. The minimum Gasteiger partial charge on any atom is -0.465 e. The Labute approximate surface area is 124 Å². The molecule has 5 nitrogen and oxygen atoms in total. The summed E-state index contributed by atoms with van der Waals surface area (Å²) in [7, 11) is 1.39. The van der Waals surface area contributed by atoms with E-state index in [2.05, 4.69) is 14.9 Å². The van der Waals surface area contributed by atoms with Gasteiger partial charge in [0.1, 0.15) is 0 Å². The molecule has 1 aliphatic carbocycles. The number of nitrogens with zero attached hydrogens (tertiary/aromatic N) is 2. The summed E-state index contributed by atoms with van der Waals surface area (Å²) in [6.45, 7) is 2.71. The number of carbonyl (C=O) groups excluding carboxylic acids is 1. The summed E-state index contributed by atoms with van der Waals surface area (Å²) >= 11 is 0. The van der Waals surface area contributed by atoms with Gasteiger partial charge in [-0.2, -0.15) is 0 Å². The smallest absolute Gasteiger partial charge is 0.337 e. The number of benzene rings is 1. The fraction of sp³-hybridized carbons (Fsp3) is 0.375. The van der Waals surface area contributed by atoms with Gasteiger partial charge in [-0.25, -0.2) is 9.78 Å². The van der Waals surface area contributed by atoms with Gasteiger partial charge < -0.3 is 14.6 Å². The van der Waals surface area contributed by atoms with Crippen molar-refractivity contribution >= 4 is 11.7 Å². The molecular formula is C16H19N3O2. The number of ether oxygens (including phenoxy) is 1. The molecule has 3 rings (SSSR count). The van der Waals surface area contributed by atoms with E-state index in [-0.39, 0.29) is 5.97 Å². The van der Waals surface area contributed by atoms with Crippen LogP contribution in [0.3, 0.4) is 0 Å². The molecule has 21 heavy (non-hydrogen) atoms. The van der Waals surface area contributed by atoms with E-state index in [1.54, 1.807) is 6.07 Å². The molecule has 1 heterocycles. The van der Waals surface area contributed by atoms with Gasteiger partial charge >= 0.3 is 5.97 Å². The minimum absolute atomic E-state index is 0.309. The van der Waals surface area contributed by atoms with Crippen LogP contribution in [0.25, 0.3) is 0 Å². The minimum atomic E-state index is -0.309. The molecule has 1 fully saturated rings. The Morgan fingerprint density at radius 1 is 1.48 bits per heavy atom. The Hall–Kier alpha value is -2.30. The van der Waals surface area contributed by atoms with Gasteiger partial charge in [0.2, 0.25) is 0 Å². The molecule has 0 bridgehead atoms. The van der Waals surface area contributed by atoms with Crippen molar-refractivity contribution in [1.82, 2.24) is 9.55 Å². The Kier molecular flexibility index (Phi) is 3.64. The molecule has 1 aromatic carbocycles. The Morgan fingerprint density at radius 2 is 2.29 bits per heavy atom. The summed E-state index contributed by atoms with van der Waals surface area (Å²) in [6, 6.07) is 6.16. The fourth-order valence-electron chi connectivity index (χ4n) is 2.44. The number of imidazole rings is 1. The van der Waals surface area contributed by atoms with Gasteiger partial charge in [-0.3, -0.25) is 0 Å². The number of hydrogen-bond donors (Lipinski definition) is 1. The second-order valence-corrected chi connectivity index (χ2v) is 5.40. The molecule has 0 radical (unpaired) electrons. The molecule has 0 atom stereocenters. The Balaban J connectivity index is 1.70. The van der Waals surface area contributed by atoms with E-state index in [1.165, 1.54) is 25.6 Å². The van der Waals surface area contributed by atoms with Crippen LogP contribution in [0.5, 0.6) is 0 Å². The number of esters is 1. The van der Waals surface area contributed by atoms with E-state index in [0.717, 1.165) is 17.8 Å². The van der Waals surface area contributed by atoms with Crippen LogP contribution in [0.2, 0.25) is 0 Å². The summed E-state index contributed by atoms with van der Waals surface area (Å²) in [4.78, 5) is 15.7. The van der Waals surface area contributed by atoms with E-state index in [1.807, 2.05) is 31.6 Å². The molecule has 1 aliphatic rings. The average Bonchev–Trinajstić information content (AvgIpc) is 3.24. The molecule has 0 unspecified atom stereocenters. The first kappa shape index (κ1) is 13.7. The zero-order chi connectivity index (χ0) is 14.8. The van der Waals surface area contributed by atoms with Gasteiger partial charge in [-0.15, -0.1) is 0 Å². The van der Waals surface area contributed by atoms with Crippen LogP contribution in [0, 0.1) is 6.92 Å². The zero-order valence-corrected chi connectivity index (χ0v) is 12.3. The predicted octanol–water partition coefficient (Wildman–Crippen LogP) is 2.93. The number of nitrogens with one attached hydrogen (secondary N) is 1. The van der Waals surface area contributed by atoms with Gasteiger partial charge in [-0.05, 0) is 43.5 Å². The van der Waals surface area contributed by atoms with Crippen molar-refractivity contribution in [2.24, 2.45) is 0 Å². The highest BCUT2D eigenvalue weighted by Crippen LogP contribution is 2.35. The van der Waals surface area contributed by atoms with Crippen LogP contribution in [0.1, 0.15) is 40.5 Å². The Bertz CT molecular complexity index is 659. The standard InChI is InChI=1S/C16H19N3O2/c1-11-7-12(16(20)21-2)3-6-15(11)18-9-14-8-17-10-19(14)13-4-5-13/h3,6-8,10,13,18H,4-5,9H2,1-2H3. The maximum atomic E-state index is 11.5. The molecule has 5 heteroatoms. The third kappa shape index (κ3) is 2.91. The maximum absolute atomic E-state index is 11.5. The quantitative estimate of drug-likeness (QED) is 0.858. The van der Waals surface area contributed by atoms with E-state index in [0.29, 0.717) is 11.6 Å². The van der Waals surface area contributed by atoms with Crippen molar-refractivity contribution < 1.29 is 9.53 Å². The number of rotatable bonds is 5. The van der Waals surface area contributed by atoms with Gasteiger partial charge in [0.05, 0.1) is 31.2 Å². The fourth-order valence-corrected chi connectivity index (χ4v) is 2.44. The molecule has 0 amide bonds. The molecule has 1 aromatic heterocycles. The van der Waals surface area contributed by atoms with Crippen LogP contribution in [-0.4, -0.2) is 22.6 Å². The second-order valence-electron chi connectivity index (χ2n) is 5.40. The number of aromatic nitrogens is 2. The van der Waals surface area contributed by atoms with E-state index < -0.39 is 0 Å². The van der Waals surface area contributed by atoms with Crippen LogP contribution in [0.15, 0.2) is 30.7 Å². The molecule has 1 saturated carbocycles. The van der Waals surface area contributed by atoms with Crippen LogP contribution in [0.4, 0.5) is 5.69 Å². The predicted molar refractivity (Wildman–Crippen MR) is 80.3 cm³/mol. The zero-order valence-electron chi connectivity index (χ0n) is 12.3. The first-order chi connectivity index (χ1) is 10.2. The van der Waals surface area contributed by atoms with Crippen molar-refractivity contribution in [3.8, 4) is 0 Å². The van der Waals surface area contributed by atoms with Crippen molar-refractivity contribution in [1.29, 1.82) is 0 Å². The van der Waals surface area contributed by atoms with Gasteiger partial charge in [-0.1, -0.05) is 0 Å². The topological polar surface area (TPSA) is 56.1 Å². The van der Waals surface area contributed by atoms with Gasteiger partial charge in [0.15, 0.2) is 0 Å². The molecule has 0 saturated heterocycles. The van der Waals surface area contributed by atoms with E-state index >= 15 is 0 Å². The first-order valence-corrected chi connectivity index (χ1v) is 7.12. The number of hydrogen-bond acceptors (Lipinski definition) is 4. The molecular weight excluding hydrogens is 266 g/mol. The van der Waals surface area contributed by atoms with Gasteiger partial charge in [0.25, 0.3) is 0 Å². The summed E-state index contributed by atoms with van der Waals surface area (Å²) in [5, 5.41) is 3.41. The lowest BCUT2D eigenvalue weighted by Gasteiger charge is -2.12. The number of methoxy groups -OCH3 is 1. The van der Waals surface area contributed by atoms with E-state index in [4.69, 9.17) is 4.74 Å². The molecule has 110 valence electrons. The lowest BCUT2D eigenvalue weighted by Crippen LogP contribution is -2.08. The van der Waals surface area contributed by atoms with Crippen molar-refractivity contribution in [3.05, 3.63) is 47.5 Å². The van der Waals surface area contributed by atoms with Crippen LogP contribution in [-0.2, 0) is 11.3 Å². The third-order valence-corrected chi connectivity index (χ3v) is 3.79. The molecule has 2 aromatic rings. The highest BCUT2D eigenvalue weighted by atomic mass is 16.5. The monoisotopic (exact) mass is 285 g/mol. The van der Waals surface area contributed by atoms with Crippen molar-refractivity contribution in [3.63, 3.8) is 0 Å². The van der Waals surface area contributed by atoms with Crippen LogP contribution >= 0.6 is 0 Å². The summed E-state index contributed by atoms with van der Waals surface area (Å²) < 4.78 is 6.97. The summed E-state index contributed by atoms with van der Waals surface area (Å²) in [5.74, 6) is -0.309. The summed E-state index contributed by atoms with van der Waals surface area (Å²) in [5.41, 5.74) is 3.80. The normalized spacial score (nSPS) is 14.0. The largest absolute Gasteiger partial charge is 0.465 e. The molecule has 0 aliphatic heterocycles. The van der Waals surface area contributed by atoms with Crippen molar-refractivity contribution in [2.75, 3.05) is 12.4 Å². The highest BCUT2D eigenvalue weighted by Gasteiger charge is 2.25. The first-order valence-electron chi connectivity index (χ1n) is 7.12. The molecule has 1 N–H and O–H groups in total. The lowest BCUT2D eigenvalue weighted by molar-refractivity contribution is 0.0600. The van der Waals surface area contributed by atoms with Crippen LogP contribution < -0.4 is 5.32 Å². The van der Waals surface area contributed by atoms with Gasteiger partial charge in [0, 0.05) is 17.9 Å². The number of aryl methyl sites for hydroxylation is 1. The van der Waals surface area contributed by atoms with Crippen molar-refractivity contribution in [2.45, 2.75) is 32.4 Å². The second kappa shape index (κ2) is 5.60. The lowest BCUT2D eigenvalue weighted by atomic mass is 10.1. The third-order valence-electron chi connectivity index (χ3n) is 3.79. The number of carbonyl (C=O) groups is 1. The summed E-state index contributed by atoms with van der Waals surface area (Å²) in [6.07, 6.45) is 6.30. The number of anilines is 1. The average molecular weight is 285 g/mol. The highest BCUT2D eigenvalue weighted by molar-refractivity contribution is 5.90. The maximum Gasteiger partial charge on any atom is 0.337 e.